The van der Waals surface area contributed by atoms with Crippen molar-refractivity contribution >= 4 is 39.5 Å². The lowest BCUT2D eigenvalue weighted by atomic mass is 9.86. The molecule has 1 saturated heterocycles. The van der Waals surface area contributed by atoms with Crippen molar-refractivity contribution in [2.45, 2.75) is 114 Å². The number of nitrogens with one attached hydrogen (secondary N) is 3. The fourth-order valence-corrected chi connectivity index (χ4v) is 8.70. The monoisotopic (exact) mass is 750 g/mol. The molecular formula is C38H47FN6O7S. The highest BCUT2D eigenvalue weighted by Crippen LogP contribution is 2.47. The number of rotatable bonds is 12. The fraction of sp³-hybridized carbons (Fsp3) is 0.553. The molecule has 6 rings (SSSR count). The molecular weight excluding hydrogens is 704 g/mol. The second-order valence-electron chi connectivity index (χ2n) is 15.6. The van der Waals surface area contributed by atoms with Gasteiger partial charge < -0.3 is 20.3 Å². The van der Waals surface area contributed by atoms with E-state index in [0.29, 0.717) is 36.1 Å². The lowest BCUT2D eigenvalue weighted by Gasteiger charge is -2.32. The summed E-state index contributed by atoms with van der Waals surface area (Å²) in [5.74, 6) is -2.93. The Balaban J connectivity index is 1.24. The van der Waals surface area contributed by atoms with Crippen LogP contribution in [0.5, 0.6) is 0 Å². The first-order valence-corrected chi connectivity index (χ1v) is 19.7. The van der Waals surface area contributed by atoms with Crippen molar-refractivity contribution in [2.24, 2.45) is 11.8 Å². The zero-order valence-electron chi connectivity index (χ0n) is 30.6. The highest BCUT2D eigenvalue weighted by atomic mass is 32.2. The molecule has 2 aliphatic heterocycles. The Labute approximate surface area is 309 Å². The summed E-state index contributed by atoms with van der Waals surface area (Å²) in [6, 6.07) is 12.1. The maximum absolute atomic E-state index is 14.5. The Morgan fingerprint density at radius 1 is 1.11 bits per heavy atom. The number of fused-ring (bicyclic) bond motifs is 1. The molecule has 2 heterocycles. The van der Waals surface area contributed by atoms with E-state index in [-0.39, 0.29) is 44.3 Å². The summed E-state index contributed by atoms with van der Waals surface area (Å²) in [6.07, 6.45) is -0.0506. The van der Waals surface area contributed by atoms with Crippen LogP contribution in [0.2, 0.25) is 0 Å². The van der Waals surface area contributed by atoms with Crippen LogP contribution >= 0.6 is 0 Å². The molecule has 2 aromatic carbocycles. The topological polar surface area (TPSA) is 178 Å². The van der Waals surface area contributed by atoms with E-state index < -0.39 is 74.0 Å². The quantitative estimate of drug-likeness (QED) is 0.289. The number of likely N-dealkylation sites (tertiary alicyclic amines) is 1. The summed E-state index contributed by atoms with van der Waals surface area (Å²) in [4.78, 5) is 58.3. The Bertz CT molecular complexity index is 1960. The van der Waals surface area contributed by atoms with E-state index in [4.69, 9.17) is 4.74 Å². The number of benzene rings is 2. The molecule has 3 N–H and O–H groups in total. The second kappa shape index (κ2) is 14.3. The van der Waals surface area contributed by atoms with Gasteiger partial charge in [0.2, 0.25) is 21.8 Å². The average molecular weight is 751 g/mol. The van der Waals surface area contributed by atoms with Gasteiger partial charge in [-0.25, -0.2) is 17.6 Å². The third-order valence-electron chi connectivity index (χ3n) is 11.0. The van der Waals surface area contributed by atoms with E-state index in [0.717, 1.165) is 5.56 Å². The number of anilines is 1. The van der Waals surface area contributed by atoms with Gasteiger partial charge in [0.15, 0.2) is 0 Å². The van der Waals surface area contributed by atoms with E-state index in [9.17, 15) is 37.2 Å². The molecule has 4 amide bonds. The predicted molar refractivity (Wildman–Crippen MR) is 193 cm³/mol. The molecule has 3 fully saturated rings. The van der Waals surface area contributed by atoms with Gasteiger partial charge in [0.25, 0.3) is 5.91 Å². The van der Waals surface area contributed by atoms with Gasteiger partial charge >= 0.3 is 6.09 Å². The summed E-state index contributed by atoms with van der Waals surface area (Å²) in [6.45, 7) is 9.16. The number of hydrogen-bond donors (Lipinski definition) is 3. The molecule has 0 aromatic heterocycles. The molecule has 13 nitrogen and oxygen atoms in total. The number of carbonyl (C=O) groups is 4. The Hall–Kier alpha value is -4.71. The third-order valence-corrected chi connectivity index (χ3v) is 12.8. The molecule has 2 aromatic rings. The number of amides is 4. The maximum Gasteiger partial charge on any atom is 0.410 e. The first kappa shape index (κ1) is 38.0. The zero-order valence-corrected chi connectivity index (χ0v) is 31.5. The van der Waals surface area contributed by atoms with Crippen molar-refractivity contribution in [1.29, 1.82) is 5.26 Å². The van der Waals surface area contributed by atoms with Crippen molar-refractivity contribution < 1.29 is 36.7 Å². The lowest BCUT2D eigenvalue weighted by molar-refractivity contribution is -0.140. The SMILES string of the molecule is CCC1CC1(NC(=O)C1CC(OC(=O)N2Cc3cccc(F)c3C2)CN1C(=O)C(Nc1cccc(C(C)(C)C#N)c1)C(C)C)C(=O)NS(=O)(=O)C1CC1. The van der Waals surface area contributed by atoms with Gasteiger partial charge in [-0.05, 0) is 74.3 Å². The van der Waals surface area contributed by atoms with Crippen molar-refractivity contribution in [3.63, 3.8) is 0 Å². The number of nitrogens with zero attached hydrogens (tertiary/aromatic N) is 3. The third kappa shape index (κ3) is 7.69. The van der Waals surface area contributed by atoms with Crippen molar-refractivity contribution in [1.82, 2.24) is 19.8 Å². The van der Waals surface area contributed by atoms with Crippen LogP contribution in [0, 0.1) is 29.0 Å². The predicted octanol–water partition coefficient (Wildman–Crippen LogP) is 4.08. The number of hydrogen-bond acceptors (Lipinski definition) is 9. The number of ether oxygens (including phenoxy) is 1. The number of nitriles is 1. The minimum absolute atomic E-state index is 0.0148. The molecule has 4 aliphatic rings. The molecule has 5 atom stereocenters. The molecule has 5 unspecified atom stereocenters. The first-order chi connectivity index (χ1) is 25.0. The minimum Gasteiger partial charge on any atom is -0.444 e. The highest BCUT2D eigenvalue weighted by molar-refractivity contribution is 7.91. The molecule has 53 heavy (non-hydrogen) atoms. The van der Waals surface area contributed by atoms with E-state index in [1.54, 1.807) is 44.2 Å². The average Bonchev–Trinajstić information content (AvgIpc) is 4.01. The van der Waals surface area contributed by atoms with Crippen LogP contribution in [0.3, 0.4) is 0 Å². The van der Waals surface area contributed by atoms with Crippen LogP contribution in [-0.4, -0.2) is 77.6 Å². The van der Waals surface area contributed by atoms with Crippen molar-refractivity contribution in [2.75, 3.05) is 11.9 Å². The maximum atomic E-state index is 14.5. The zero-order chi connectivity index (χ0) is 38.5. The summed E-state index contributed by atoms with van der Waals surface area (Å²) >= 11 is 0. The van der Waals surface area contributed by atoms with E-state index in [2.05, 4.69) is 21.4 Å². The van der Waals surface area contributed by atoms with Gasteiger partial charge in [0.1, 0.15) is 29.5 Å². The van der Waals surface area contributed by atoms with Gasteiger partial charge in [-0.2, -0.15) is 5.26 Å². The second-order valence-corrected chi connectivity index (χ2v) is 17.6. The van der Waals surface area contributed by atoms with E-state index in [1.165, 1.54) is 15.9 Å². The molecule has 0 spiro atoms. The van der Waals surface area contributed by atoms with Gasteiger partial charge in [0, 0.05) is 24.2 Å². The highest BCUT2D eigenvalue weighted by Gasteiger charge is 2.62. The molecule has 284 valence electrons. The van der Waals surface area contributed by atoms with Crippen LogP contribution in [0.15, 0.2) is 42.5 Å². The van der Waals surface area contributed by atoms with Gasteiger partial charge in [-0.3, -0.25) is 24.0 Å². The van der Waals surface area contributed by atoms with E-state index in [1.807, 2.05) is 26.8 Å². The molecule has 0 radical (unpaired) electrons. The summed E-state index contributed by atoms with van der Waals surface area (Å²) < 4.78 is 47.9. The van der Waals surface area contributed by atoms with Crippen molar-refractivity contribution in [3.8, 4) is 6.07 Å². The Morgan fingerprint density at radius 2 is 1.83 bits per heavy atom. The molecule has 2 saturated carbocycles. The van der Waals surface area contributed by atoms with Crippen LogP contribution in [0.25, 0.3) is 0 Å². The van der Waals surface area contributed by atoms with Crippen molar-refractivity contribution in [3.05, 3.63) is 65.0 Å². The largest absolute Gasteiger partial charge is 0.444 e. The van der Waals surface area contributed by atoms with Crippen LogP contribution in [-0.2, 0) is 47.6 Å². The number of sulfonamides is 1. The summed E-state index contributed by atoms with van der Waals surface area (Å²) in [5, 5.41) is 15.2. The van der Waals surface area contributed by atoms with Gasteiger partial charge in [0.05, 0.1) is 29.8 Å². The lowest BCUT2D eigenvalue weighted by Crippen LogP contribution is -2.58. The Morgan fingerprint density at radius 3 is 2.45 bits per heavy atom. The van der Waals surface area contributed by atoms with Crippen LogP contribution in [0.1, 0.15) is 83.4 Å². The standard InChI is InChI=1S/C38H47FN6O7S/c1-6-24-17-38(24,35(48)43-53(50,51)28-13-14-28)42-33(46)31-16-27(52-36(49)44-18-23-9-7-12-30(39)29(23)20-44)19-45(31)34(47)32(22(2)3)41-26-11-8-10-25(15-26)37(4,5)21-40/h7-12,15,22,24,27-28,31-32,41H,6,13-14,16-20H2,1-5H3,(H,42,46)(H,43,48). The Kier molecular flexibility index (Phi) is 10.2. The number of carbonyl (C=O) groups excluding carboxylic acids is 4. The van der Waals surface area contributed by atoms with Crippen LogP contribution in [0.4, 0.5) is 14.9 Å². The normalized spacial score (nSPS) is 24.2. The summed E-state index contributed by atoms with van der Waals surface area (Å²) in [5.41, 5.74) is 0.158. The number of halogens is 1. The smallest absolute Gasteiger partial charge is 0.410 e. The van der Waals surface area contributed by atoms with Crippen LogP contribution < -0.4 is 15.4 Å². The minimum atomic E-state index is -3.88. The van der Waals surface area contributed by atoms with Gasteiger partial charge in [-0.15, -0.1) is 0 Å². The molecule has 15 heteroatoms. The van der Waals surface area contributed by atoms with E-state index >= 15 is 0 Å². The van der Waals surface area contributed by atoms with Gasteiger partial charge in [-0.1, -0.05) is 51.5 Å². The fourth-order valence-electron chi connectivity index (χ4n) is 7.33. The summed E-state index contributed by atoms with van der Waals surface area (Å²) in [7, 11) is -3.88. The molecule has 2 aliphatic carbocycles. The first-order valence-electron chi connectivity index (χ1n) is 18.2. The molecule has 0 bridgehead atoms.